The molecule has 6 nitrogen and oxygen atoms in total. The maximum Gasteiger partial charge on any atom is 0.252 e. The molecule has 3 rings (SSSR count). The predicted octanol–water partition coefficient (Wildman–Crippen LogP) is 1.22. The highest BCUT2D eigenvalue weighted by Crippen LogP contribution is 2.19. The molecule has 1 aliphatic heterocycles. The Labute approximate surface area is 142 Å². The number of rotatable bonds is 3. The molecule has 0 unspecified atom stereocenters. The van der Waals surface area contributed by atoms with E-state index in [0.717, 1.165) is 27.6 Å². The van der Waals surface area contributed by atoms with Crippen molar-refractivity contribution < 1.29 is 8.42 Å². The van der Waals surface area contributed by atoms with Crippen LogP contribution in [0.15, 0.2) is 23.0 Å². The van der Waals surface area contributed by atoms with Gasteiger partial charge in [-0.25, -0.2) is 8.42 Å². The zero-order valence-corrected chi connectivity index (χ0v) is 15.1. The van der Waals surface area contributed by atoms with Crippen molar-refractivity contribution in [2.45, 2.75) is 20.4 Å². The fourth-order valence-corrected chi connectivity index (χ4v) is 3.97. The van der Waals surface area contributed by atoms with Gasteiger partial charge in [-0.05, 0) is 36.4 Å². The van der Waals surface area contributed by atoms with Crippen molar-refractivity contribution in [1.29, 1.82) is 0 Å². The molecular weight excluding hydrogens is 326 g/mol. The number of nitrogens with one attached hydrogen (secondary N) is 1. The average Bonchev–Trinajstić information content (AvgIpc) is 2.52. The van der Waals surface area contributed by atoms with E-state index in [1.54, 1.807) is 0 Å². The van der Waals surface area contributed by atoms with E-state index >= 15 is 0 Å². The van der Waals surface area contributed by atoms with Crippen molar-refractivity contribution in [2.24, 2.45) is 0 Å². The van der Waals surface area contributed by atoms with Crippen LogP contribution in [0.1, 0.15) is 16.7 Å². The van der Waals surface area contributed by atoms with Crippen molar-refractivity contribution >= 4 is 20.9 Å². The van der Waals surface area contributed by atoms with Gasteiger partial charge in [0.1, 0.15) is 0 Å². The molecule has 1 saturated heterocycles. The lowest BCUT2D eigenvalue weighted by Crippen LogP contribution is -2.48. The van der Waals surface area contributed by atoms with Crippen LogP contribution in [0.25, 0.3) is 10.9 Å². The zero-order chi connectivity index (χ0) is 17.5. The van der Waals surface area contributed by atoms with Gasteiger partial charge in [-0.2, -0.15) is 4.31 Å². The third-order valence-electron chi connectivity index (χ3n) is 4.82. The third kappa shape index (κ3) is 3.38. The average molecular weight is 349 g/mol. The topological polar surface area (TPSA) is 73.5 Å². The summed E-state index contributed by atoms with van der Waals surface area (Å²) in [5, 5.41) is 1.03. The van der Waals surface area contributed by atoms with E-state index in [2.05, 4.69) is 16.0 Å². The minimum absolute atomic E-state index is 0.0678. The van der Waals surface area contributed by atoms with Crippen LogP contribution in [0.5, 0.6) is 0 Å². The van der Waals surface area contributed by atoms with Gasteiger partial charge < -0.3 is 4.98 Å². The van der Waals surface area contributed by atoms with Crippen LogP contribution in [0, 0.1) is 13.8 Å². The highest BCUT2D eigenvalue weighted by Gasteiger charge is 2.23. The number of aromatic amines is 1. The summed E-state index contributed by atoms with van der Waals surface area (Å²) >= 11 is 0. The van der Waals surface area contributed by atoms with Crippen LogP contribution in [0.2, 0.25) is 0 Å². The fourth-order valence-electron chi connectivity index (χ4n) is 3.15. The van der Waals surface area contributed by atoms with Gasteiger partial charge in [0.05, 0.1) is 11.8 Å². The van der Waals surface area contributed by atoms with Crippen molar-refractivity contribution in [1.82, 2.24) is 14.2 Å². The lowest BCUT2D eigenvalue weighted by Gasteiger charge is -2.33. The Morgan fingerprint density at radius 1 is 1.12 bits per heavy atom. The number of hydrogen-bond donors (Lipinski definition) is 1. The van der Waals surface area contributed by atoms with Gasteiger partial charge in [-0.3, -0.25) is 9.69 Å². The molecule has 7 heteroatoms. The summed E-state index contributed by atoms with van der Waals surface area (Å²) in [6.07, 6.45) is 1.24. The van der Waals surface area contributed by atoms with Crippen molar-refractivity contribution in [3.63, 3.8) is 0 Å². The number of pyridine rings is 1. The Kier molecular flexibility index (Phi) is 4.50. The molecule has 1 aromatic carbocycles. The Balaban J connectivity index is 1.80. The van der Waals surface area contributed by atoms with Gasteiger partial charge in [0, 0.05) is 38.3 Å². The van der Waals surface area contributed by atoms with Gasteiger partial charge in [-0.1, -0.05) is 12.1 Å². The summed E-state index contributed by atoms with van der Waals surface area (Å²) in [5.74, 6) is 0. The molecule has 0 aliphatic carbocycles. The molecule has 1 aromatic heterocycles. The standard InChI is InChI=1S/C17H23N3O3S/c1-12-4-5-14-10-15(17(21)18-16(14)13(12)2)11-19-6-8-20(9-7-19)24(3,22)23/h4-5,10H,6-9,11H2,1-3H3,(H,18,21). The van der Waals surface area contributed by atoms with Crippen LogP contribution in [-0.4, -0.2) is 55.0 Å². The third-order valence-corrected chi connectivity index (χ3v) is 6.13. The SMILES string of the molecule is Cc1ccc2cc(CN3CCN(S(C)(=O)=O)CC3)c(=O)[nH]c2c1C. The van der Waals surface area contributed by atoms with Crippen LogP contribution in [-0.2, 0) is 16.6 Å². The maximum atomic E-state index is 12.4. The number of piperazine rings is 1. The predicted molar refractivity (Wildman–Crippen MR) is 95.7 cm³/mol. The molecule has 0 radical (unpaired) electrons. The number of aromatic nitrogens is 1. The van der Waals surface area contributed by atoms with Gasteiger partial charge >= 0.3 is 0 Å². The summed E-state index contributed by atoms with van der Waals surface area (Å²) < 4.78 is 24.6. The Hall–Kier alpha value is -1.70. The lowest BCUT2D eigenvalue weighted by molar-refractivity contribution is 0.181. The van der Waals surface area contributed by atoms with Crippen molar-refractivity contribution in [2.75, 3.05) is 32.4 Å². The quantitative estimate of drug-likeness (QED) is 0.904. The van der Waals surface area contributed by atoms with Gasteiger partial charge in [0.15, 0.2) is 0 Å². The Morgan fingerprint density at radius 3 is 2.42 bits per heavy atom. The summed E-state index contributed by atoms with van der Waals surface area (Å²) in [6.45, 7) is 6.80. The molecule has 1 N–H and O–H groups in total. The molecule has 2 aromatic rings. The first-order valence-electron chi connectivity index (χ1n) is 8.05. The second-order valence-corrected chi connectivity index (χ2v) is 8.52. The van der Waals surface area contributed by atoms with Crippen LogP contribution in [0.4, 0.5) is 0 Å². The van der Waals surface area contributed by atoms with E-state index in [1.165, 1.54) is 10.6 Å². The number of hydrogen-bond acceptors (Lipinski definition) is 4. The van der Waals surface area contributed by atoms with Crippen LogP contribution in [0.3, 0.4) is 0 Å². The van der Waals surface area contributed by atoms with E-state index in [0.29, 0.717) is 32.7 Å². The summed E-state index contributed by atoms with van der Waals surface area (Å²) in [7, 11) is -3.13. The highest BCUT2D eigenvalue weighted by atomic mass is 32.2. The highest BCUT2D eigenvalue weighted by molar-refractivity contribution is 7.88. The summed E-state index contributed by atoms with van der Waals surface area (Å²) in [5.41, 5.74) is 3.80. The molecule has 0 spiro atoms. The van der Waals surface area contributed by atoms with E-state index in [4.69, 9.17) is 0 Å². The second-order valence-electron chi connectivity index (χ2n) is 6.53. The minimum Gasteiger partial charge on any atom is -0.321 e. The largest absolute Gasteiger partial charge is 0.321 e. The smallest absolute Gasteiger partial charge is 0.252 e. The molecule has 0 bridgehead atoms. The van der Waals surface area contributed by atoms with E-state index in [9.17, 15) is 13.2 Å². The normalized spacial score (nSPS) is 17.5. The molecule has 0 saturated carbocycles. The monoisotopic (exact) mass is 349 g/mol. The summed E-state index contributed by atoms with van der Waals surface area (Å²) in [4.78, 5) is 17.5. The second kappa shape index (κ2) is 6.31. The number of nitrogens with zero attached hydrogens (tertiary/aromatic N) is 2. The maximum absolute atomic E-state index is 12.4. The molecule has 1 fully saturated rings. The van der Waals surface area contributed by atoms with Crippen molar-refractivity contribution in [3.05, 3.63) is 45.2 Å². The lowest BCUT2D eigenvalue weighted by atomic mass is 10.0. The summed E-state index contributed by atoms with van der Waals surface area (Å²) in [6, 6.07) is 6.03. The number of fused-ring (bicyclic) bond motifs is 1. The molecular formula is C17H23N3O3S. The molecule has 2 heterocycles. The van der Waals surface area contributed by atoms with Crippen LogP contribution >= 0.6 is 0 Å². The minimum atomic E-state index is -3.13. The van der Waals surface area contributed by atoms with Gasteiger partial charge in [0.2, 0.25) is 10.0 Å². The zero-order valence-electron chi connectivity index (χ0n) is 14.3. The van der Waals surface area contributed by atoms with Crippen LogP contribution < -0.4 is 5.56 Å². The first-order chi connectivity index (χ1) is 11.3. The number of sulfonamides is 1. The fraction of sp³-hybridized carbons (Fsp3) is 0.471. The molecule has 130 valence electrons. The first-order valence-corrected chi connectivity index (χ1v) is 9.90. The number of H-pyrrole nitrogens is 1. The van der Waals surface area contributed by atoms with Gasteiger partial charge in [0.25, 0.3) is 5.56 Å². The first kappa shape index (κ1) is 17.1. The van der Waals surface area contributed by atoms with Gasteiger partial charge in [-0.15, -0.1) is 0 Å². The van der Waals surface area contributed by atoms with E-state index < -0.39 is 10.0 Å². The number of benzene rings is 1. The number of aryl methyl sites for hydroxylation is 2. The van der Waals surface area contributed by atoms with E-state index in [1.807, 2.05) is 26.0 Å². The Morgan fingerprint density at radius 2 is 1.79 bits per heavy atom. The molecule has 0 atom stereocenters. The van der Waals surface area contributed by atoms with E-state index in [-0.39, 0.29) is 5.56 Å². The molecule has 1 aliphatic rings. The molecule has 0 amide bonds. The molecule has 24 heavy (non-hydrogen) atoms. The van der Waals surface area contributed by atoms with Crippen molar-refractivity contribution in [3.8, 4) is 0 Å². The Bertz CT molecular complexity index is 926.